The number of rotatable bonds is 2. The lowest BCUT2D eigenvalue weighted by molar-refractivity contribution is -0.137. The van der Waals surface area contributed by atoms with Crippen molar-refractivity contribution in [3.63, 3.8) is 0 Å². The lowest BCUT2D eigenvalue weighted by Gasteiger charge is -2.13. The Morgan fingerprint density at radius 2 is 1.67 bits per heavy atom. The number of alkyl halides is 3. The number of hydrogen-bond donors (Lipinski definition) is 0. The van der Waals surface area contributed by atoms with Crippen LogP contribution in [0.25, 0.3) is 0 Å². The maximum atomic E-state index is 12.8. The van der Waals surface area contributed by atoms with Crippen LogP contribution in [0.1, 0.15) is 37.9 Å². The van der Waals surface area contributed by atoms with E-state index in [1.165, 1.54) is 24.4 Å². The summed E-state index contributed by atoms with van der Waals surface area (Å²) in [4.78, 5) is 3.90. The lowest BCUT2D eigenvalue weighted by Crippen LogP contribution is -2.09. The molecule has 0 atom stereocenters. The second-order valence-corrected chi connectivity index (χ2v) is 5.73. The second kappa shape index (κ2) is 5.39. The molecule has 0 spiro atoms. The SMILES string of the molecule is CC(C)(C)c1ccc(C=Nc2ccccc2C(F)(F)F)o1. The van der Waals surface area contributed by atoms with E-state index in [0.717, 1.165) is 11.8 Å². The highest BCUT2D eigenvalue weighted by molar-refractivity contribution is 5.79. The van der Waals surface area contributed by atoms with Gasteiger partial charge in [0.2, 0.25) is 0 Å². The van der Waals surface area contributed by atoms with Gasteiger partial charge in [0.15, 0.2) is 0 Å². The van der Waals surface area contributed by atoms with E-state index in [4.69, 9.17) is 4.42 Å². The highest BCUT2D eigenvalue weighted by Crippen LogP contribution is 2.36. The first-order valence-electron chi connectivity index (χ1n) is 6.48. The fourth-order valence-electron chi connectivity index (χ4n) is 1.78. The Morgan fingerprint density at radius 3 is 2.24 bits per heavy atom. The van der Waals surface area contributed by atoms with E-state index in [0.29, 0.717) is 5.76 Å². The summed E-state index contributed by atoms with van der Waals surface area (Å²) in [5.74, 6) is 1.19. The van der Waals surface area contributed by atoms with Crippen molar-refractivity contribution >= 4 is 11.9 Å². The molecule has 0 aliphatic heterocycles. The first-order valence-corrected chi connectivity index (χ1v) is 6.48. The molecule has 0 aliphatic rings. The fraction of sp³-hybridized carbons (Fsp3) is 0.312. The van der Waals surface area contributed by atoms with Crippen LogP contribution in [0.4, 0.5) is 18.9 Å². The van der Waals surface area contributed by atoms with Crippen molar-refractivity contribution < 1.29 is 17.6 Å². The molecule has 1 aromatic heterocycles. The normalized spacial score (nSPS) is 13.0. The molecule has 0 amide bonds. The molecule has 0 radical (unpaired) electrons. The van der Waals surface area contributed by atoms with Gasteiger partial charge in [0, 0.05) is 5.41 Å². The van der Waals surface area contributed by atoms with Crippen molar-refractivity contribution in [1.82, 2.24) is 0 Å². The van der Waals surface area contributed by atoms with Crippen LogP contribution in [-0.4, -0.2) is 6.21 Å². The summed E-state index contributed by atoms with van der Waals surface area (Å²) in [6.07, 6.45) is -3.12. The molecule has 0 bridgehead atoms. The first kappa shape index (κ1) is 15.4. The van der Waals surface area contributed by atoms with Gasteiger partial charge in [-0.2, -0.15) is 13.2 Å². The van der Waals surface area contributed by atoms with Gasteiger partial charge in [-0.15, -0.1) is 0 Å². The Hall–Kier alpha value is -2.04. The molecule has 2 nitrogen and oxygen atoms in total. The quantitative estimate of drug-likeness (QED) is 0.686. The van der Waals surface area contributed by atoms with Crippen molar-refractivity contribution in [1.29, 1.82) is 0 Å². The second-order valence-electron chi connectivity index (χ2n) is 5.73. The molecule has 0 saturated heterocycles. The number of halogens is 3. The maximum absolute atomic E-state index is 12.8. The monoisotopic (exact) mass is 295 g/mol. The van der Waals surface area contributed by atoms with E-state index in [2.05, 4.69) is 4.99 Å². The predicted molar refractivity (Wildman–Crippen MR) is 76.1 cm³/mol. The smallest absolute Gasteiger partial charge is 0.418 e. The zero-order chi connectivity index (χ0) is 15.7. The molecule has 1 aromatic carbocycles. The van der Waals surface area contributed by atoms with Crippen molar-refractivity contribution in [2.24, 2.45) is 4.99 Å². The standard InChI is InChI=1S/C16H16F3NO/c1-15(2,3)14-9-8-11(21-14)10-20-13-7-5-4-6-12(13)16(17,18)19/h4-10H,1-3H3. The van der Waals surface area contributed by atoms with Crippen LogP contribution in [0.5, 0.6) is 0 Å². The van der Waals surface area contributed by atoms with Crippen molar-refractivity contribution in [2.45, 2.75) is 32.4 Å². The minimum Gasteiger partial charge on any atom is -0.460 e. The predicted octanol–water partition coefficient (Wildman–Crippen LogP) is 5.35. The molecular weight excluding hydrogens is 279 g/mol. The number of furan rings is 1. The molecule has 1 heterocycles. The highest BCUT2D eigenvalue weighted by atomic mass is 19.4. The average Bonchev–Trinajstić information content (AvgIpc) is 2.84. The van der Waals surface area contributed by atoms with Crippen LogP contribution in [0.3, 0.4) is 0 Å². The first-order chi connectivity index (χ1) is 9.68. The van der Waals surface area contributed by atoms with Gasteiger partial charge in [0.25, 0.3) is 0 Å². The summed E-state index contributed by atoms with van der Waals surface area (Å²) in [5.41, 5.74) is -1.04. The molecule has 2 aromatic rings. The molecular formula is C16H16F3NO. The fourth-order valence-corrected chi connectivity index (χ4v) is 1.78. The van der Waals surface area contributed by atoms with E-state index in [-0.39, 0.29) is 11.1 Å². The van der Waals surface area contributed by atoms with E-state index in [1.807, 2.05) is 20.8 Å². The Kier molecular flexibility index (Phi) is 3.94. The number of nitrogens with zero attached hydrogens (tertiary/aromatic N) is 1. The lowest BCUT2D eigenvalue weighted by atomic mass is 9.94. The van der Waals surface area contributed by atoms with Crippen molar-refractivity contribution in [2.75, 3.05) is 0 Å². The molecule has 0 unspecified atom stereocenters. The van der Waals surface area contributed by atoms with Crippen LogP contribution >= 0.6 is 0 Å². The molecule has 0 fully saturated rings. The number of para-hydroxylation sites is 1. The third-order valence-electron chi connectivity index (χ3n) is 2.91. The molecule has 2 rings (SSSR count). The van der Waals surface area contributed by atoms with E-state index >= 15 is 0 Å². The molecule has 0 N–H and O–H groups in total. The highest BCUT2D eigenvalue weighted by Gasteiger charge is 2.33. The Morgan fingerprint density at radius 1 is 1.00 bits per heavy atom. The van der Waals surface area contributed by atoms with Gasteiger partial charge in [-0.3, -0.25) is 4.99 Å². The molecule has 112 valence electrons. The average molecular weight is 295 g/mol. The van der Waals surface area contributed by atoms with Gasteiger partial charge in [0.05, 0.1) is 17.5 Å². The van der Waals surface area contributed by atoms with Gasteiger partial charge in [-0.1, -0.05) is 32.9 Å². The number of benzene rings is 1. The third kappa shape index (κ3) is 3.74. The summed E-state index contributed by atoms with van der Waals surface area (Å²) >= 11 is 0. The summed E-state index contributed by atoms with van der Waals surface area (Å²) in [7, 11) is 0. The van der Waals surface area contributed by atoms with E-state index < -0.39 is 11.7 Å². The van der Waals surface area contributed by atoms with Gasteiger partial charge in [-0.05, 0) is 24.3 Å². The Bertz CT molecular complexity index is 648. The summed E-state index contributed by atoms with van der Waals surface area (Å²) in [6, 6.07) is 8.69. The number of hydrogen-bond acceptors (Lipinski definition) is 2. The Labute approximate surface area is 121 Å². The van der Waals surface area contributed by atoms with E-state index in [1.54, 1.807) is 12.1 Å². The summed E-state index contributed by atoms with van der Waals surface area (Å²) in [6.45, 7) is 5.98. The van der Waals surface area contributed by atoms with Crippen LogP contribution in [0.2, 0.25) is 0 Å². The minimum atomic E-state index is -4.42. The van der Waals surface area contributed by atoms with Crippen LogP contribution < -0.4 is 0 Å². The van der Waals surface area contributed by atoms with Crippen molar-refractivity contribution in [3.8, 4) is 0 Å². The maximum Gasteiger partial charge on any atom is 0.418 e. The van der Waals surface area contributed by atoms with Gasteiger partial charge < -0.3 is 4.42 Å². The zero-order valence-corrected chi connectivity index (χ0v) is 12.0. The summed E-state index contributed by atoms with van der Waals surface area (Å²) < 4.78 is 44.1. The number of aliphatic imine (C=N–C) groups is 1. The molecule has 5 heteroatoms. The summed E-state index contributed by atoms with van der Waals surface area (Å²) in [5, 5.41) is 0. The van der Waals surface area contributed by atoms with Crippen LogP contribution in [0.15, 0.2) is 45.8 Å². The van der Waals surface area contributed by atoms with Gasteiger partial charge >= 0.3 is 6.18 Å². The topological polar surface area (TPSA) is 25.5 Å². The zero-order valence-electron chi connectivity index (χ0n) is 12.0. The van der Waals surface area contributed by atoms with Crippen LogP contribution in [0, 0.1) is 0 Å². The van der Waals surface area contributed by atoms with Gasteiger partial charge in [-0.25, -0.2) is 0 Å². The largest absolute Gasteiger partial charge is 0.460 e. The van der Waals surface area contributed by atoms with Crippen molar-refractivity contribution in [3.05, 3.63) is 53.5 Å². The molecule has 21 heavy (non-hydrogen) atoms. The Balaban J connectivity index is 2.29. The molecule has 0 saturated carbocycles. The minimum absolute atomic E-state index is 0.126. The third-order valence-corrected chi connectivity index (χ3v) is 2.91. The molecule has 0 aliphatic carbocycles. The van der Waals surface area contributed by atoms with E-state index in [9.17, 15) is 13.2 Å². The van der Waals surface area contributed by atoms with Gasteiger partial charge in [0.1, 0.15) is 11.5 Å². The van der Waals surface area contributed by atoms with Crippen LogP contribution in [-0.2, 0) is 11.6 Å².